The van der Waals surface area contributed by atoms with Gasteiger partial charge in [-0.3, -0.25) is 18.9 Å². The quantitative estimate of drug-likeness (QED) is 0.377. The van der Waals surface area contributed by atoms with Crippen LogP contribution in [0.3, 0.4) is 0 Å². The minimum Gasteiger partial charge on any atom is -0.368 e. The van der Waals surface area contributed by atoms with Crippen molar-refractivity contribution in [3.05, 3.63) is 87.9 Å². The molecule has 208 valence electrons. The number of nitrogens with one attached hydrogen (secondary N) is 3. The molecule has 3 aromatic rings. The number of sulfonamides is 1. The Morgan fingerprint density at radius 3 is 2.58 bits per heavy atom. The highest BCUT2D eigenvalue weighted by atomic mass is 35.5. The fourth-order valence-electron chi connectivity index (χ4n) is 4.89. The summed E-state index contributed by atoms with van der Waals surface area (Å²) in [6.45, 7) is 5.32. The Labute approximate surface area is 238 Å². The lowest BCUT2D eigenvalue weighted by atomic mass is 10.1. The van der Waals surface area contributed by atoms with Gasteiger partial charge in [-0.2, -0.15) is 0 Å². The van der Waals surface area contributed by atoms with Crippen LogP contribution in [0.2, 0.25) is 5.02 Å². The molecule has 2 aliphatic heterocycles. The van der Waals surface area contributed by atoms with Crippen molar-refractivity contribution >= 4 is 50.6 Å². The van der Waals surface area contributed by atoms with E-state index in [2.05, 4.69) is 20.9 Å². The normalized spacial score (nSPS) is 16.6. The minimum absolute atomic E-state index is 0.0338. The van der Waals surface area contributed by atoms with Crippen molar-refractivity contribution in [2.24, 2.45) is 4.99 Å². The summed E-state index contributed by atoms with van der Waals surface area (Å²) in [5.41, 5.74) is 3.75. The van der Waals surface area contributed by atoms with Gasteiger partial charge in [0, 0.05) is 23.7 Å². The van der Waals surface area contributed by atoms with E-state index in [1.54, 1.807) is 44.2 Å². The third-order valence-corrected chi connectivity index (χ3v) is 9.37. The Morgan fingerprint density at radius 2 is 1.85 bits per heavy atom. The van der Waals surface area contributed by atoms with Gasteiger partial charge in [-0.1, -0.05) is 48.0 Å². The molecular weight excluding hydrogens is 550 g/mol. The number of carbonyl (C=O) groups is 2. The summed E-state index contributed by atoms with van der Waals surface area (Å²) in [6.07, 6.45) is 0.242. The maximum atomic E-state index is 14.1. The van der Waals surface area contributed by atoms with Crippen LogP contribution in [-0.2, 0) is 26.0 Å². The molecule has 3 N–H and O–H groups in total. The maximum Gasteiger partial charge on any atom is 0.265 e. The van der Waals surface area contributed by atoms with Crippen LogP contribution in [0.4, 0.5) is 11.4 Å². The van der Waals surface area contributed by atoms with Gasteiger partial charge in [0.2, 0.25) is 11.8 Å². The number of rotatable bonds is 8. The third kappa shape index (κ3) is 5.55. The Kier molecular flexibility index (Phi) is 7.82. The minimum atomic E-state index is -4.23. The van der Waals surface area contributed by atoms with Crippen LogP contribution in [0.1, 0.15) is 28.7 Å². The van der Waals surface area contributed by atoms with Gasteiger partial charge in [-0.25, -0.2) is 8.42 Å². The van der Waals surface area contributed by atoms with Crippen LogP contribution in [0.15, 0.2) is 70.6 Å². The molecule has 5 rings (SSSR count). The lowest BCUT2D eigenvalue weighted by Crippen LogP contribution is -2.53. The predicted octanol–water partition coefficient (Wildman–Crippen LogP) is 3.57. The molecule has 0 saturated heterocycles. The van der Waals surface area contributed by atoms with Gasteiger partial charge in [0.05, 0.1) is 29.2 Å². The Bertz CT molecular complexity index is 1610. The molecule has 40 heavy (non-hydrogen) atoms. The first-order valence-corrected chi connectivity index (χ1v) is 14.8. The van der Waals surface area contributed by atoms with Gasteiger partial charge in [-0.05, 0) is 61.2 Å². The van der Waals surface area contributed by atoms with Gasteiger partial charge in [0.1, 0.15) is 11.9 Å². The first-order valence-electron chi connectivity index (χ1n) is 13.0. The number of fused-ring (bicyclic) bond motifs is 1. The molecule has 0 fully saturated rings. The topological polar surface area (TPSA) is 120 Å². The summed E-state index contributed by atoms with van der Waals surface area (Å²) in [5.74, 6) is -0.111. The molecule has 0 spiro atoms. The van der Waals surface area contributed by atoms with Crippen molar-refractivity contribution in [2.75, 3.05) is 29.3 Å². The molecule has 11 heteroatoms. The summed E-state index contributed by atoms with van der Waals surface area (Å²) in [7, 11) is -4.23. The molecule has 2 amide bonds. The highest BCUT2D eigenvalue weighted by Crippen LogP contribution is 2.38. The molecular formula is C29H30ClN5O4S. The van der Waals surface area contributed by atoms with E-state index in [4.69, 9.17) is 11.6 Å². The number of carbonyl (C=O) groups excluding carboxylic acids is 2. The van der Waals surface area contributed by atoms with E-state index < -0.39 is 27.9 Å². The summed E-state index contributed by atoms with van der Waals surface area (Å²) < 4.78 is 29.2. The highest BCUT2D eigenvalue weighted by Gasteiger charge is 2.42. The van der Waals surface area contributed by atoms with E-state index in [1.807, 2.05) is 24.3 Å². The van der Waals surface area contributed by atoms with E-state index in [-0.39, 0.29) is 11.3 Å². The molecule has 0 aromatic heterocycles. The van der Waals surface area contributed by atoms with Gasteiger partial charge in [0.15, 0.2) is 0 Å². The second-order valence-corrected chi connectivity index (χ2v) is 12.0. The molecule has 0 saturated carbocycles. The molecule has 0 bridgehead atoms. The molecule has 3 aromatic carbocycles. The van der Waals surface area contributed by atoms with Crippen molar-refractivity contribution < 1.29 is 18.0 Å². The standard InChI is InChI=1S/C29H30ClN5O4S/c1-18-16-26(19(2)15-22(18)30)40(38,39)35-24-6-4-3-5-23(24)34-29(37)25(35)17-27(36)31-12-11-20-7-9-21(10-8-20)28-32-13-14-33-28/h3-10,15-16,25H,11-14,17H2,1-2H3,(H,31,36)(H,32,33)(H,34,37)/t25-/m1/s1. The zero-order valence-electron chi connectivity index (χ0n) is 22.2. The Morgan fingerprint density at radius 1 is 1.10 bits per heavy atom. The number of benzene rings is 3. The van der Waals surface area contributed by atoms with Crippen molar-refractivity contribution in [3.63, 3.8) is 0 Å². The number of amides is 2. The molecule has 9 nitrogen and oxygen atoms in total. The second-order valence-electron chi connectivity index (χ2n) is 9.85. The highest BCUT2D eigenvalue weighted by molar-refractivity contribution is 7.93. The summed E-state index contributed by atoms with van der Waals surface area (Å²) >= 11 is 6.22. The van der Waals surface area contributed by atoms with Crippen molar-refractivity contribution in [1.29, 1.82) is 0 Å². The zero-order chi connectivity index (χ0) is 28.4. The number of hydrogen-bond acceptors (Lipinski definition) is 6. The van der Waals surface area contributed by atoms with Crippen LogP contribution < -0.4 is 20.3 Å². The van der Waals surface area contributed by atoms with E-state index in [0.29, 0.717) is 40.5 Å². The van der Waals surface area contributed by atoms with Crippen molar-refractivity contribution in [2.45, 2.75) is 37.6 Å². The molecule has 2 aliphatic rings. The number of aryl methyl sites for hydroxylation is 2. The zero-order valence-corrected chi connectivity index (χ0v) is 23.8. The number of aliphatic imine (C=N–C) groups is 1. The Hall–Kier alpha value is -3.89. The molecule has 0 aliphatic carbocycles. The molecule has 0 radical (unpaired) electrons. The summed E-state index contributed by atoms with van der Waals surface area (Å²) in [6, 6.07) is 16.4. The maximum absolute atomic E-state index is 14.1. The van der Waals surface area contributed by atoms with Gasteiger partial charge < -0.3 is 16.0 Å². The summed E-state index contributed by atoms with van der Waals surface area (Å²) in [4.78, 5) is 30.6. The van der Waals surface area contributed by atoms with Gasteiger partial charge in [0.25, 0.3) is 10.0 Å². The second kappa shape index (κ2) is 11.3. The van der Waals surface area contributed by atoms with Crippen LogP contribution in [0.5, 0.6) is 0 Å². The lowest BCUT2D eigenvalue weighted by molar-refractivity contribution is -0.125. The SMILES string of the molecule is Cc1cc(S(=O)(=O)N2c3ccccc3NC(=O)[C@H]2CC(=O)NCCc2ccc(C3=NCCN3)cc2)c(C)cc1Cl. The third-order valence-electron chi connectivity index (χ3n) is 6.99. The van der Waals surface area contributed by atoms with Gasteiger partial charge >= 0.3 is 0 Å². The molecule has 1 atom stereocenters. The van der Waals surface area contributed by atoms with E-state index in [0.717, 1.165) is 34.4 Å². The number of halogens is 1. The van der Waals surface area contributed by atoms with Crippen LogP contribution >= 0.6 is 11.6 Å². The largest absolute Gasteiger partial charge is 0.368 e. The van der Waals surface area contributed by atoms with Crippen LogP contribution in [0.25, 0.3) is 0 Å². The number of hydrogen-bond donors (Lipinski definition) is 3. The van der Waals surface area contributed by atoms with E-state index >= 15 is 0 Å². The monoisotopic (exact) mass is 579 g/mol. The first-order chi connectivity index (χ1) is 19.1. The number of anilines is 2. The number of para-hydroxylation sites is 2. The van der Waals surface area contributed by atoms with E-state index in [9.17, 15) is 18.0 Å². The fraction of sp³-hybridized carbons (Fsp3) is 0.276. The van der Waals surface area contributed by atoms with Crippen LogP contribution in [-0.4, -0.2) is 51.7 Å². The average Bonchev–Trinajstić information content (AvgIpc) is 3.46. The smallest absolute Gasteiger partial charge is 0.265 e. The van der Waals surface area contributed by atoms with Crippen molar-refractivity contribution in [1.82, 2.24) is 10.6 Å². The van der Waals surface area contributed by atoms with Gasteiger partial charge in [-0.15, -0.1) is 0 Å². The fourth-order valence-corrected chi connectivity index (χ4v) is 7.03. The number of amidine groups is 1. The van der Waals surface area contributed by atoms with Crippen LogP contribution in [0, 0.1) is 13.8 Å². The number of nitrogens with zero attached hydrogens (tertiary/aromatic N) is 2. The average molecular weight is 580 g/mol. The first kappa shape index (κ1) is 27.7. The van der Waals surface area contributed by atoms with Crippen molar-refractivity contribution in [3.8, 4) is 0 Å². The van der Waals surface area contributed by atoms with E-state index in [1.165, 1.54) is 6.07 Å². The lowest BCUT2D eigenvalue weighted by Gasteiger charge is -2.37. The molecule has 0 unspecified atom stereocenters. The summed E-state index contributed by atoms with van der Waals surface area (Å²) in [5, 5.41) is 9.28. The predicted molar refractivity (Wildman–Crippen MR) is 157 cm³/mol. The molecule has 2 heterocycles. The Balaban J connectivity index is 1.33.